The monoisotopic (exact) mass is 823 g/mol. The van der Waals surface area contributed by atoms with Crippen LogP contribution in [-0.4, -0.2) is 43.0 Å². The SMILES string of the molecule is COC(=O)c1c(NC(=O)C(Sc2cccc(NC(=O)/C(=C\c3ccc(O)cc3OC)NC(=O)c3ccccc3)c2)c2ccccc2)sc2c1CCC(c1ccccc1)C2. The standard InChI is InChI=1S/C47H41N3O7S2/c1-56-39-28-35(51)23-21-33(39)25-38(49-43(52)31-17-10-5-11-18-31)44(53)48-34-19-12-20-36(27-34)58-42(30-15-8-4-9-16-30)45(54)50-46-41(47(55)57-2)37-24-22-32(26-40(37)59-46)29-13-6-3-7-14-29/h3-21,23,25,27-28,32,42,51H,22,24,26H2,1-2H3,(H,48,53)(H,49,52)(H,50,54)/b38-25+. The fourth-order valence-corrected chi connectivity index (χ4v) is 9.38. The molecule has 2 atom stereocenters. The number of thioether (sulfide) groups is 1. The fraction of sp³-hybridized carbons (Fsp3) is 0.149. The van der Waals surface area contributed by atoms with Gasteiger partial charge in [-0.3, -0.25) is 14.4 Å². The highest BCUT2D eigenvalue weighted by molar-refractivity contribution is 8.00. The van der Waals surface area contributed by atoms with Gasteiger partial charge in [-0.2, -0.15) is 0 Å². The Labute approximate surface area is 350 Å². The van der Waals surface area contributed by atoms with Crippen molar-refractivity contribution in [2.45, 2.75) is 35.3 Å². The van der Waals surface area contributed by atoms with Gasteiger partial charge < -0.3 is 30.5 Å². The molecule has 1 aliphatic carbocycles. The lowest BCUT2D eigenvalue weighted by Crippen LogP contribution is -2.30. The maximum absolute atomic E-state index is 14.4. The largest absolute Gasteiger partial charge is 0.508 e. The van der Waals surface area contributed by atoms with E-state index >= 15 is 0 Å². The molecule has 0 saturated heterocycles. The van der Waals surface area contributed by atoms with Gasteiger partial charge in [-0.05, 0) is 90.4 Å². The van der Waals surface area contributed by atoms with Crippen molar-refractivity contribution in [2.24, 2.45) is 0 Å². The number of carbonyl (C=O) groups excluding carboxylic acids is 4. The average molecular weight is 824 g/mol. The lowest BCUT2D eigenvalue weighted by molar-refractivity contribution is -0.116. The van der Waals surface area contributed by atoms with Gasteiger partial charge in [-0.25, -0.2) is 4.79 Å². The van der Waals surface area contributed by atoms with E-state index in [0.717, 1.165) is 28.8 Å². The molecule has 3 amide bonds. The van der Waals surface area contributed by atoms with Crippen LogP contribution in [0.4, 0.5) is 10.7 Å². The zero-order chi connectivity index (χ0) is 41.3. The van der Waals surface area contributed by atoms with Gasteiger partial charge in [0.1, 0.15) is 27.4 Å². The molecule has 1 heterocycles. The first kappa shape index (κ1) is 40.6. The Morgan fingerprint density at radius 1 is 0.831 bits per heavy atom. The van der Waals surface area contributed by atoms with Crippen molar-refractivity contribution >= 4 is 63.6 Å². The summed E-state index contributed by atoms with van der Waals surface area (Å²) in [7, 11) is 2.79. The molecule has 2 unspecified atom stereocenters. The number of carbonyl (C=O) groups is 4. The quantitative estimate of drug-likeness (QED) is 0.0513. The van der Waals surface area contributed by atoms with E-state index in [9.17, 15) is 24.3 Å². The minimum Gasteiger partial charge on any atom is -0.508 e. The summed E-state index contributed by atoms with van der Waals surface area (Å²) in [4.78, 5) is 56.5. The molecule has 1 aliphatic rings. The van der Waals surface area contributed by atoms with Gasteiger partial charge in [0.15, 0.2) is 0 Å². The predicted octanol–water partition coefficient (Wildman–Crippen LogP) is 9.40. The number of phenolic OH excluding ortho intramolecular Hbond substituents is 1. The molecule has 7 rings (SSSR count). The van der Waals surface area contributed by atoms with Crippen molar-refractivity contribution in [3.05, 3.63) is 177 Å². The highest BCUT2D eigenvalue weighted by Crippen LogP contribution is 2.44. The molecule has 12 heteroatoms. The number of methoxy groups -OCH3 is 2. The number of fused-ring (bicyclic) bond motifs is 1. The van der Waals surface area contributed by atoms with Crippen LogP contribution in [0.1, 0.15) is 65.4 Å². The molecular weight excluding hydrogens is 783 g/mol. The van der Waals surface area contributed by atoms with Crippen LogP contribution in [0.15, 0.2) is 144 Å². The second-order valence-corrected chi connectivity index (χ2v) is 16.0. The highest BCUT2D eigenvalue weighted by Gasteiger charge is 2.32. The third-order valence-corrected chi connectivity index (χ3v) is 12.3. The zero-order valence-electron chi connectivity index (χ0n) is 32.3. The number of anilines is 2. The van der Waals surface area contributed by atoms with Gasteiger partial charge in [0.25, 0.3) is 11.8 Å². The number of amides is 3. The van der Waals surface area contributed by atoms with Crippen LogP contribution in [-0.2, 0) is 27.2 Å². The number of thiophene rings is 1. The van der Waals surface area contributed by atoms with Gasteiger partial charge in [0.2, 0.25) is 5.91 Å². The summed E-state index contributed by atoms with van der Waals surface area (Å²) in [5.74, 6) is -1.34. The Bertz CT molecular complexity index is 2510. The highest BCUT2D eigenvalue weighted by atomic mass is 32.2. The number of esters is 1. The summed E-state index contributed by atoms with van der Waals surface area (Å²) in [5, 5.41) is 18.4. The third kappa shape index (κ3) is 9.74. The first-order valence-corrected chi connectivity index (χ1v) is 20.6. The molecule has 10 nitrogen and oxygen atoms in total. The van der Waals surface area contributed by atoms with E-state index in [2.05, 4.69) is 28.1 Å². The van der Waals surface area contributed by atoms with Crippen molar-refractivity contribution < 1.29 is 33.8 Å². The minimum absolute atomic E-state index is 0.0227. The summed E-state index contributed by atoms with van der Waals surface area (Å²) in [5.41, 5.74) is 4.46. The van der Waals surface area contributed by atoms with Crippen LogP contribution in [0.2, 0.25) is 0 Å². The average Bonchev–Trinajstić information content (AvgIpc) is 3.63. The van der Waals surface area contributed by atoms with Crippen LogP contribution in [0.5, 0.6) is 11.5 Å². The van der Waals surface area contributed by atoms with Crippen LogP contribution in [0.3, 0.4) is 0 Å². The smallest absolute Gasteiger partial charge is 0.341 e. The molecule has 6 aromatic rings. The minimum atomic E-state index is -0.744. The van der Waals surface area contributed by atoms with E-state index in [1.165, 1.54) is 61.1 Å². The Balaban J connectivity index is 1.14. The van der Waals surface area contributed by atoms with Crippen molar-refractivity contribution in [1.82, 2.24) is 5.32 Å². The zero-order valence-corrected chi connectivity index (χ0v) is 33.9. The van der Waals surface area contributed by atoms with Crippen molar-refractivity contribution in [1.29, 1.82) is 0 Å². The van der Waals surface area contributed by atoms with Crippen LogP contribution >= 0.6 is 23.1 Å². The van der Waals surface area contributed by atoms with Gasteiger partial charge in [-0.15, -0.1) is 23.1 Å². The van der Waals surface area contributed by atoms with Gasteiger partial charge >= 0.3 is 5.97 Å². The van der Waals surface area contributed by atoms with Crippen LogP contribution in [0, 0.1) is 0 Å². The molecule has 0 aliphatic heterocycles. The second kappa shape index (κ2) is 18.8. The Kier molecular flexibility index (Phi) is 12.9. The van der Waals surface area contributed by atoms with E-state index in [1.807, 2.05) is 54.6 Å². The lowest BCUT2D eigenvalue weighted by atomic mass is 9.83. The van der Waals surface area contributed by atoms with Crippen LogP contribution in [0.25, 0.3) is 6.08 Å². The molecule has 0 spiro atoms. The van der Waals surface area contributed by atoms with Crippen molar-refractivity contribution in [3.63, 3.8) is 0 Å². The van der Waals surface area contributed by atoms with E-state index in [1.54, 1.807) is 54.6 Å². The van der Waals surface area contributed by atoms with Gasteiger partial charge in [0, 0.05) is 32.7 Å². The number of hydrogen-bond acceptors (Lipinski definition) is 9. The summed E-state index contributed by atoms with van der Waals surface area (Å²) >= 11 is 2.71. The first-order chi connectivity index (χ1) is 28.7. The summed E-state index contributed by atoms with van der Waals surface area (Å²) < 4.78 is 10.6. The Hall–Kier alpha value is -6.63. The number of ether oxygens (including phenoxy) is 2. The van der Waals surface area contributed by atoms with E-state index in [4.69, 9.17) is 9.47 Å². The fourth-order valence-electron chi connectivity index (χ4n) is 6.98. The topological polar surface area (TPSA) is 143 Å². The normalized spacial score (nSPS) is 14.0. The van der Waals surface area contributed by atoms with E-state index in [-0.39, 0.29) is 17.4 Å². The van der Waals surface area contributed by atoms with Gasteiger partial charge in [0.05, 0.1) is 19.8 Å². The second-order valence-electron chi connectivity index (χ2n) is 13.7. The molecule has 298 valence electrons. The van der Waals surface area contributed by atoms with Crippen molar-refractivity contribution in [2.75, 3.05) is 24.9 Å². The number of benzene rings is 5. The molecule has 59 heavy (non-hydrogen) atoms. The molecule has 0 radical (unpaired) electrons. The number of hydrogen-bond donors (Lipinski definition) is 4. The molecule has 0 saturated carbocycles. The predicted molar refractivity (Wildman–Crippen MR) is 232 cm³/mol. The van der Waals surface area contributed by atoms with E-state index in [0.29, 0.717) is 50.4 Å². The molecule has 4 N–H and O–H groups in total. The number of nitrogens with one attached hydrogen (secondary N) is 3. The maximum atomic E-state index is 14.4. The van der Waals surface area contributed by atoms with Gasteiger partial charge in [-0.1, -0.05) is 84.9 Å². The summed E-state index contributed by atoms with van der Waals surface area (Å²) in [6.45, 7) is 0. The number of phenols is 1. The van der Waals surface area contributed by atoms with Crippen molar-refractivity contribution in [3.8, 4) is 11.5 Å². The number of aromatic hydroxyl groups is 1. The molecular formula is C47H41N3O7S2. The summed E-state index contributed by atoms with van der Waals surface area (Å²) in [6, 6.07) is 39.7. The van der Waals surface area contributed by atoms with E-state index < -0.39 is 23.0 Å². The lowest BCUT2D eigenvalue weighted by Gasteiger charge is -2.22. The molecule has 1 aromatic heterocycles. The summed E-state index contributed by atoms with van der Waals surface area (Å²) in [6.07, 6.45) is 3.79. The maximum Gasteiger partial charge on any atom is 0.341 e. The molecule has 0 fully saturated rings. The molecule has 5 aromatic carbocycles. The Morgan fingerprint density at radius 3 is 2.25 bits per heavy atom. The molecule has 0 bridgehead atoms. The first-order valence-electron chi connectivity index (χ1n) is 18.9. The third-order valence-electron chi connectivity index (χ3n) is 9.89. The number of rotatable bonds is 13. The van der Waals surface area contributed by atoms with Crippen LogP contribution < -0.4 is 20.7 Å². The Morgan fingerprint density at radius 2 is 1.54 bits per heavy atom.